The van der Waals surface area contributed by atoms with E-state index < -0.39 is 0 Å². The maximum absolute atomic E-state index is 13.2. The van der Waals surface area contributed by atoms with E-state index in [2.05, 4.69) is 20.2 Å². The van der Waals surface area contributed by atoms with Gasteiger partial charge < -0.3 is 10.2 Å². The second-order valence-electron chi connectivity index (χ2n) is 8.16. The molecule has 1 fully saturated rings. The Morgan fingerprint density at radius 2 is 1.97 bits per heavy atom. The van der Waals surface area contributed by atoms with Gasteiger partial charge in [0.1, 0.15) is 4.70 Å². The Bertz CT molecular complexity index is 1180. The van der Waals surface area contributed by atoms with E-state index >= 15 is 0 Å². The molecule has 164 valence electrons. The number of carbonyl (C=O) groups excluding carboxylic acids is 1. The Morgan fingerprint density at radius 3 is 2.65 bits per heavy atom. The first-order valence-corrected chi connectivity index (χ1v) is 12.3. The number of thiazole rings is 1. The van der Waals surface area contributed by atoms with E-state index in [1.54, 1.807) is 4.57 Å². The van der Waals surface area contributed by atoms with Crippen LogP contribution in [0.15, 0.2) is 28.2 Å². The van der Waals surface area contributed by atoms with Gasteiger partial charge in [-0.2, -0.15) is 4.98 Å². The second kappa shape index (κ2) is 9.00. The van der Waals surface area contributed by atoms with Crippen molar-refractivity contribution in [2.75, 3.05) is 29.1 Å². The molecule has 0 aliphatic carbocycles. The van der Waals surface area contributed by atoms with Crippen LogP contribution in [0.5, 0.6) is 0 Å². The van der Waals surface area contributed by atoms with Crippen LogP contribution in [0.2, 0.25) is 0 Å². The lowest BCUT2D eigenvalue weighted by atomic mass is 10.1. The van der Waals surface area contributed by atoms with Crippen molar-refractivity contribution in [2.45, 2.75) is 51.7 Å². The van der Waals surface area contributed by atoms with Crippen LogP contribution in [0, 0.1) is 13.8 Å². The molecule has 1 N–H and O–H groups in total. The minimum Gasteiger partial charge on any atom is -0.348 e. The summed E-state index contributed by atoms with van der Waals surface area (Å²) in [6.45, 7) is 9.85. The molecule has 2 aromatic heterocycles. The van der Waals surface area contributed by atoms with Gasteiger partial charge in [0.2, 0.25) is 5.91 Å². The van der Waals surface area contributed by atoms with Gasteiger partial charge >= 0.3 is 0 Å². The predicted octanol–water partition coefficient (Wildman–Crippen LogP) is 4.38. The maximum atomic E-state index is 13.2. The van der Waals surface area contributed by atoms with Gasteiger partial charge in [0.25, 0.3) is 5.56 Å². The van der Waals surface area contributed by atoms with Gasteiger partial charge in [-0.15, -0.1) is 0 Å². The van der Waals surface area contributed by atoms with E-state index in [0.717, 1.165) is 47.9 Å². The lowest BCUT2D eigenvalue weighted by Crippen LogP contribution is -2.25. The molecule has 0 saturated carbocycles. The summed E-state index contributed by atoms with van der Waals surface area (Å²) in [6.07, 6.45) is 2.30. The summed E-state index contributed by atoms with van der Waals surface area (Å²) in [4.78, 5) is 37.3. The number of carbonyl (C=O) groups is 1. The van der Waals surface area contributed by atoms with E-state index in [4.69, 9.17) is 0 Å². The van der Waals surface area contributed by atoms with Crippen molar-refractivity contribution in [1.29, 1.82) is 0 Å². The standard InChI is InChI=1S/C22H27N5O2S2/c1-13(2)27-20(29)18-19(24-21(31-18)26-9-5-6-10-26)25-22(27)30-12-17(28)23-16-8-7-14(3)11-15(16)4/h7-8,11,13H,5-6,9-10,12H2,1-4H3,(H,23,28). The molecule has 1 aliphatic rings. The topological polar surface area (TPSA) is 80.1 Å². The third-order valence-electron chi connectivity index (χ3n) is 5.30. The van der Waals surface area contributed by atoms with Gasteiger partial charge in [0.15, 0.2) is 15.9 Å². The largest absolute Gasteiger partial charge is 0.348 e. The van der Waals surface area contributed by atoms with E-state index in [1.165, 1.54) is 23.1 Å². The highest BCUT2D eigenvalue weighted by Gasteiger charge is 2.22. The summed E-state index contributed by atoms with van der Waals surface area (Å²) >= 11 is 2.69. The Hall–Kier alpha value is -2.39. The van der Waals surface area contributed by atoms with Gasteiger partial charge in [-0.3, -0.25) is 14.2 Å². The Balaban J connectivity index is 1.57. The van der Waals surface area contributed by atoms with Crippen molar-refractivity contribution < 1.29 is 4.79 Å². The van der Waals surface area contributed by atoms with E-state index in [0.29, 0.717) is 15.5 Å². The number of rotatable bonds is 6. The summed E-state index contributed by atoms with van der Waals surface area (Å²) in [6, 6.07) is 5.86. The van der Waals surface area contributed by atoms with Gasteiger partial charge in [-0.05, 0) is 52.2 Å². The average molecular weight is 458 g/mol. The monoisotopic (exact) mass is 457 g/mol. The lowest BCUT2D eigenvalue weighted by molar-refractivity contribution is -0.113. The van der Waals surface area contributed by atoms with Crippen molar-refractivity contribution >= 4 is 50.2 Å². The molecule has 1 saturated heterocycles. The van der Waals surface area contributed by atoms with Crippen molar-refractivity contribution in [1.82, 2.24) is 14.5 Å². The Labute approximate surface area is 189 Å². The number of benzene rings is 1. The van der Waals surface area contributed by atoms with Gasteiger partial charge in [0.05, 0.1) is 5.75 Å². The van der Waals surface area contributed by atoms with Crippen molar-refractivity contribution in [3.63, 3.8) is 0 Å². The molecule has 1 aliphatic heterocycles. The fourth-order valence-electron chi connectivity index (χ4n) is 3.73. The number of thioether (sulfide) groups is 1. The number of amides is 1. The zero-order valence-corrected chi connectivity index (χ0v) is 19.9. The van der Waals surface area contributed by atoms with Crippen LogP contribution in [0.25, 0.3) is 10.3 Å². The maximum Gasteiger partial charge on any atom is 0.274 e. The second-order valence-corrected chi connectivity index (χ2v) is 10.1. The molecule has 0 spiro atoms. The fourth-order valence-corrected chi connectivity index (χ4v) is 5.64. The SMILES string of the molecule is Cc1ccc(NC(=O)CSc2nc3nc(N4CCCC4)sc3c(=O)n2C(C)C)c(C)c1. The summed E-state index contributed by atoms with van der Waals surface area (Å²) in [5, 5.41) is 4.35. The first kappa shape index (κ1) is 21.8. The molecule has 3 aromatic rings. The predicted molar refractivity (Wildman–Crippen MR) is 129 cm³/mol. The van der Waals surface area contributed by atoms with Crippen LogP contribution in [0.3, 0.4) is 0 Å². The molecule has 3 heterocycles. The summed E-state index contributed by atoms with van der Waals surface area (Å²) < 4.78 is 2.25. The minimum absolute atomic E-state index is 0.0633. The van der Waals surface area contributed by atoms with E-state index in [1.807, 2.05) is 45.9 Å². The van der Waals surface area contributed by atoms with Gasteiger partial charge in [0, 0.05) is 24.8 Å². The van der Waals surface area contributed by atoms with Gasteiger partial charge in [-0.1, -0.05) is 40.8 Å². The highest BCUT2D eigenvalue weighted by molar-refractivity contribution is 7.99. The molecule has 9 heteroatoms. The first-order chi connectivity index (χ1) is 14.8. The highest BCUT2D eigenvalue weighted by Crippen LogP contribution is 2.30. The zero-order chi connectivity index (χ0) is 22.1. The average Bonchev–Trinajstić information content (AvgIpc) is 3.38. The van der Waals surface area contributed by atoms with Crippen LogP contribution in [0.1, 0.15) is 43.9 Å². The molecule has 0 atom stereocenters. The number of fused-ring (bicyclic) bond motifs is 1. The summed E-state index contributed by atoms with van der Waals surface area (Å²) in [5.74, 6) is 0.0406. The van der Waals surface area contributed by atoms with Crippen LogP contribution in [-0.2, 0) is 4.79 Å². The molecular weight excluding hydrogens is 430 g/mol. The quantitative estimate of drug-likeness (QED) is 0.437. The number of hydrogen-bond acceptors (Lipinski definition) is 7. The summed E-state index contributed by atoms with van der Waals surface area (Å²) in [7, 11) is 0. The molecule has 31 heavy (non-hydrogen) atoms. The first-order valence-electron chi connectivity index (χ1n) is 10.5. The molecule has 7 nitrogen and oxygen atoms in total. The molecule has 0 radical (unpaired) electrons. The Morgan fingerprint density at radius 1 is 1.23 bits per heavy atom. The van der Waals surface area contributed by atoms with Crippen LogP contribution < -0.4 is 15.8 Å². The number of aromatic nitrogens is 3. The van der Waals surface area contributed by atoms with Crippen molar-refractivity contribution in [2.24, 2.45) is 0 Å². The van der Waals surface area contributed by atoms with Crippen LogP contribution in [-0.4, -0.2) is 39.3 Å². The van der Waals surface area contributed by atoms with E-state index in [-0.39, 0.29) is 23.3 Å². The molecule has 1 amide bonds. The number of aryl methyl sites for hydroxylation is 2. The van der Waals surface area contributed by atoms with Crippen molar-refractivity contribution in [3.8, 4) is 0 Å². The third kappa shape index (κ3) is 4.62. The molecule has 1 aromatic carbocycles. The number of anilines is 2. The van der Waals surface area contributed by atoms with Crippen LogP contribution >= 0.6 is 23.1 Å². The third-order valence-corrected chi connectivity index (χ3v) is 7.35. The Kier molecular flexibility index (Phi) is 6.34. The normalized spacial score (nSPS) is 14.0. The van der Waals surface area contributed by atoms with E-state index in [9.17, 15) is 9.59 Å². The smallest absolute Gasteiger partial charge is 0.274 e. The lowest BCUT2D eigenvalue weighted by Gasteiger charge is -2.14. The number of nitrogens with one attached hydrogen (secondary N) is 1. The highest BCUT2D eigenvalue weighted by atomic mass is 32.2. The summed E-state index contributed by atoms with van der Waals surface area (Å²) in [5.41, 5.74) is 3.37. The molecule has 0 unspecified atom stereocenters. The van der Waals surface area contributed by atoms with Crippen LogP contribution in [0.4, 0.5) is 10.8 Å². The fraction of sp³-hybridized carbons (Fsp3) is 0.455. The van der Waals surface area contributed by atoms with Gasteiger partial charge in [-0.25, -0.2) is 4.98 Å². The molecule has 0 bridgehead atoms. The number of hydrogen-bond donors (Lipinski definition) is 1. The minimum atomic E-state index is -0.127. The molecular formula is C22H27N5O2S2. The number of nitrogens with zero attached hydrogens (tertiary/aromatic N) is 4. The van der Waals surface area contributed by atoms with Crippen molar-refractivity contribution in [3.05, 3.63) is 39.7 Å². The molecule has 4 rings (SSSR count). The zero-order valence-electron chi connectivity index (χ0n) is 18.3.